The van der Waals surface area contributed by atoms with Gasteiger partial charge in [0.2, 0.25) is 0 Å². The molecule has 0 radical (unpaired) electrons. The maximum atomic E-state index is 10.9. The normalized spacial score (nSPS) is 10.9. The summed E-state index contributed by atoms with van der Waals surface area (Å²) in [5, 5.41) is 19.1. The van der Waals surface area contributed by atoms with Gasteiger partial charge in [-0.15, -0.1) is 0 Å². The summed E-state index contributed by atoms with van der Waals surface area (Å²) in [5.74, 6) is 0. The highest BCUT2D eigenvalue weighted by Crippen LogP contribution is 2.30. The van der Waals surface area contributed by atoms with Crippen molar-refractivity contribution in [1.82, 2.24) is 14.8 Å². The van der Waals surface area contributed by atoms with Crippen molar-refractivity contribution in [1.29, 1.82) is 0 Å². The summed E-state index contributed by atoms with van der Waals surface area (Å²) in [6, 6.07) is 14.7. The molecule has 0 spiro atoms. The molecule has 1 N–H and O–H groups in total. The second kappa shape index (κ2) is 6.33. The standard InChI is InChI=1S/C17H13N5O2S/c23-22(24)14-6-7-15-16(8-14)25-17(20-15)19-13-9-18-21(11-13)10-12-4-2-1-3-5-12/h1-9,11H,10H2,(H,19,20). The van der Waals surface area contributed by atoms with E-state index in [-0.39, 0.29) is 5.69 Å². The molecule has 8 heteroatoms. The molecule has 0 unspecified atom stereocenters. The summed E-state index contributed by atoms with van der Waals surface area (Å²) in [5.41, 5.74) is 2.79. The van der Waals surface area contributed by atoms with Crippen LogP contribution in [0.2, 0.25) is 0 Å². The summed E-state index contributed by atoms with van der Waals surface area (Å²) < 4.78 is 2.61. The summed E-state index contributed by atoms with van der Waals surface area (Å²) in [7, 11) is 0. The number of anilines is 2. The molecule has 0 aliphatic heterocycles. The number of benzene rings is 2. The summed E-state index contributed by atoms with van der Waals surface area (Å²) in [6.45, 7) is 0.689. The van der Waals surface area contributed by atoms with Crippen LogP contribution in [0, 0.1) is 10.1 Å². The smallest absolute Gasteiger partial charge is 0.270 e. The summed E-state index contributed by atoms with van der Waals surface area (Å²) >= 11 is 1.37. The van der Waals surface area contributed by atoms with Gasteiger partial charge in [0.05, 0.1) is 33.6 Å². The van der Waals surface area contributed by atoms with Crippen molar-refractivity contribution in [3.63, 3.8) is 0 Å². The first kappa shape index (κ1) is 15.3. The second-order valence-electron chi connectivity index (χ2n) is 5.47. The van der Waals surface area contributed by atoms with Crippen LogP contribution in [0.15, 0.2) is 60.9 Å². The lowest BCUT2D eigenvalue weighted by Gasteiger charge is -2.01. The summed E-state index contributed by atoms with van der Waals surface area (Å²) in [4.78, 5) is 14.9. The SMILES string of the molecule is O=[N+]([O-])c1ccc2nc(Nc3cnn(Cc4ccccc4)c3)sc2c1. The number of nitro benzene ring substituents is 1. The van der Waals surface area contributed by atoms with Crippen molar-refractivity contribution in [3.05, 3.63) is 76.6 Å². The third-order valence-corrected chi connectivity index (χ3v) is 4.59. The van der Waals surface area contributed by atoms with Crippen LogP contribution in [0.5, 0.6) is 0 Å². The largest absolute Gasteiger partial charge is 0.329 e. The molecule has 0 atom stereocenters. The maximum absolute atomic E-state index is 10.9. The molecule has 7 nitrogen and oxygen atoms in total. The molecule has 2 heterocycles. The molecule has 0 saturated carbocycles. The lowest BCUT2D eigenvalue weighted by atomic mass is 10.2. The second-order valence-corrected chi connectivity index (χ2v) is 6.50. The zero-order valence-electron chi connectivity index (χ0n) is 13.0. The van der Waals surface area contributed by atoms with E-state index in [1.807, 2.05) is 29.1 Å². The average molecular weight is 351 g/mol. The first-order valence-corrected chi connectivity index (χ1v) is 8.37. The number of rotatable bonds is 5. The van der Waals surface area contributed by atoms with Gasteiger partial charge < -0.3 is 5.32 Å². The van der Waals surface area contributed by atoms with E-state index in [1.54, 1.807) is 12.3 Å². The van der Waals surface area contributed by atoms with E-state index in [1.165, 1.54) is 29.0 Å². The minimum Gasteiger partial charge on any atom is -0.329 e. The van der Waals surface area contributed by atoms with E-state index in [9.17, 15) is 10.1 Å². The third kappa shape index (κ3) is 3.33. The summed E-state index contributed by atoms with van der Waals surface area (Å²) in [6.07, 6.45) is 3.64. The van der Waals surface area contributed by atoms with Gasteiger partial charge >= 0.3 is 0 Å². The van der Waals surface area contributed by atoms with Crippen LogP contribution < -0.4 is 5.32 Å². The lowest BCUT2D eigenvalue weighted by Crippen LogP contribution is -1.99. The topological polar surface area (TPSA) is 85.9 Å². The van der Waals surface area contributed by atoms with Crippen LogP contribution >= 0.6 is 11.3 Å². The zero-order chi connectivity index (χ0) is 17.2. The Morgan fingerprint density at radius 3 is 2.84 bits per heavy atom. The first-order valence-electron chi connectivity index (χ1n) is 7.56. The van der Waals surface area contributed by atoms with Crippen LogP contribution in [0.4, 0.5) is 16.5 Å². The number of aromatic nitrogens is 3. The van der Waals surface area contributed by atoms with Crippen molar-refractivity contribution in [2.75, 3.05) is 5.32 Å². The van der Waals surface area contributed by atoms with Crippen molar-refractivity contribution in [2.24, 2.45) is 0 Å². The van der Waals surface area contributed by atoms with Crippen LogP contribution in [0.3, 0.4) is 0 Å². The molecule has 0 aliphatic rings. The van der Waals surface area contributed by atoms with E-state index in [2.05, 4.69) is 27.5 Å². The Bertz CT molecular complexity index is 1040. The number of nitrogens with one attached hydrogen (secondary N) is 1. The lowest BCUT2D eigenvalue weighted by molar-refractivity contribution is -0.384. The van der Waals surface area contributed by atoms with Crippen molar-refractivity contribution in [2.45, 2.75) is 6.54 Å². The van der Waals surface area contributed by atoms with Gasteiger partial charge in [-0.2, -0.15) is 5.10 Å². The maximum Gasteiger partial charge on any atom is 0.270 e. The number of nitro groups is 1. The Morgan fingerprint density at radius 1 is 1.20 bits per heavy atom. The van der Waals surface area contributed by atoms with E-state index < -0.39 is 4.92 Å². The van der Waals surface area contributed by atoms with Gasteiger partial charge in [-0.05, 0) is 11.6 Å². The molecule has 4 rings (SSSR count). The number of nitrogens with zero attached hydrogens (tertiary/aromatic N) is 4. The molecule has 0 saturated heterocycles. The monoisotopic (exact) mass is 351 g/mol. The van der Waals surface area contributed by atoms with Crippen molar-refractivity contribution >= 4 is 38.1 Å². The highest BCUT2D eigenvalue weighted by molar-refractivity contribution is 7.22. The van der Waals surface area contributed by atoms with Crippen LogP contribution in [0.25, 0.3) is 10.2 Å². The molecule has 0 aliphatic carbocycles. The molecular weight excluding hydrogens is 338 g/mol. The molecule has 0 bridgehead atoms. The Kier molecular flexibility index (Phi) is 3.87. The van der Waals surface area contributed by atoms with E-state index >= 15 is 0 Å². The molecule has 124 valence electrons. The predicted molar refractivity (Wildman–Crippen MR) is 97.3 cm³/mol. The number of fused-ring (bicyclic) bond motifs is 1. The first-order chi connectivity index (χ1) is 12.2. The van der Waals surface area contributed by atoms with Crippen LogP contribution in [-0.4, -0.2) is 19.7 Å². The van der Waals surface area contributed by atoms with E-state index in [0.717, 1.165) is 15.9 Å². The van der Waals surface area contributed by atoms with E-state index in [0.29, 0.717) is 11.7 Å². The molecule has 0 amide bonds. The molecule has 4 aromatic rings. The van der Waals surface area contributed by atoms with Gasteiger partial charge in [0.1, 0.15) is 0 Å². The minimum absolute atomic E-state index is 0.0679. The molecule has 0 fully saturated rings. The Balaban J connectivity index is 1.52. The number of thiazole rings is 1. The van der Waals surface area contributed by atoms with Gasteiger partial charge in [-0.25, -0.2) is 4.98 Å². The van der Waals surface area contributed by atoms with Gasteiger partial charge in [-0.3, -0.25) is 14.8 Å². The van der Waals surface area contributed by atoms with Crippen molar-refractivity contribution in [3.8, 4) is 0 Å². The molecule has 2 aromatic carbocycles. The van der Waals surface area contributed by atoms with Gasteiger partial charge in [0, 0.05) is 18.3 Å². The van der Waals surface area contributed by atoms with Crippen molar-refractivity contribution < 1.29 is 4.92 Å². The van der Waals surface area contributed by atoms with Gasteiger partial charge in [-0.1, -0.05) is 41.7 Å². The fraction of sp³-hybridized carbons (Fsp3) is 0.0588. The number of hydrogen-bond donors (Lipinski definition) is 1. The quantitative estimate of drug-likeness (QED) is 0.430. The van der Waals surface area contributed by atoms with Crippen LogP contribution in [-0.2, 0) is 6.54 Å². The highest BCUT2D eigenvalue weighted by Gasteiger charge is 2.11. The average Bonchev–Trinajstić information content (AvgIpc) is 3.21. The molecule has 25 heavy (non-hydrogen) atoms. The molecular formula is C17H13N5O2S. The Hall–Kier alpha value is -3.26. The van der Waals surface area contributed by atoms with Crippen LogP contribution in [0.1, 0.15) is 5.56 Å². The third-order valence-electron chi connectivity index (χ3n) is 3.65. The minimum atomic E-state index is -0.403. The fourth-order valence-corrected chi connectivity index (χ4v) is 3.41. The zero-order valence-corrected chi connectivity index (χ0v) is 13.8. The number of hydrogen-bond acceptors (Lipinski definition) is 6. The van der Waals surface area contributed by atoms with Gasteiger partial charge in [0.25, 0.3) is 5.69 Å². The molecule has 2 aromatic heterocycles. The Labute approximate surface area is 146 Å². The van der Waals surface area contributed by atoms with E-state index in [4.69, 9.17) is 0 Å². The Morgan fingerprint density at radius 2 is 2.04 bits per heavy atom. The fourth-order valence-electron chi connectivity index (χ4n) is 2.49. The highest BCUT2D eigenvalue weighted by atomic mass is 32.1. The number of non-ortho nitro benzene ring substituents is 1. The predicted octanol–water partition coefficient (Wildman–Crippen LogP) is 4.19. The van der Waals surface area contributed by atoms with Gasteiger partial charge in [0.15, 0.2) is 5.13 Å².